The lowest BCUT2D eigenvalue weighted by atomic mass is 10.2. The highest BCUT2D eigenvalue weighted by molar-refractivity contribution is 7.90. The smallest absolute Gasteiger partial charge is 0.387 e. The van der Waals surface area contributed by atoms with Crippen LogP contribution in [0.1, 0.15) is 22.7 Å². The van der Waals surface area contributed by atoms with E-state index in [9.17, 15) is 13.3 Å². The van der Waals surface area contributed by atoms with Gasteiger partial charge in [-0.2, -0.15) is 8.78 Å². The molecule has 0 fully saturated rings. The van der Waals surface area contributed by atoms with E-state index in [1.807, 2.05) is 24.3 Å². The molecule has 0 saturated heterocycles. The summed E-state index contributed by atoms with van der Waals surface area (Å²) in [7, 11) is 0. The molecular formula is C24H22F2N4O4S. The fourth-order valence-corrected chi connectivity index (χ4v) is 4.14. The van der Waals surface area contributed by atoms with E-state index in [0.717, 1.165) is 11.1 Å². The van der Waals surface area contributed by atoms with E-state index in [1.165, 1.54) is 18.4 Å². The van der Waals surface area contributed by atoms with E-state index < -0.39 is 17.8 Å². The summed E-state index contributed by atoms with van der Waals surface area (Å²) in [5, 5.41) is 7.59. The average molecular weight is 501 g/mol. The second kappa shape index (κ2) is 12.1. The van der Waals surface area contributed by atoms with Crippen LogP contribution in [0.5, 0.6) is 11.5 Å². The van der Waals surface area contributed by atoms with E-state index in [2.05, 4.69) is 20.0 Å². The van der Waals surface area contributed by atoms with Crippen molar-refractivity contribution in [3.05, 3.63) is 89.9 Å². The Morgan fingerprint density at radius 3 is 2.54 bits per heavy atom. The number of rotatable bonds is 12. The Morgan fingerprint density at radius 1 is 1.06 bits per heavy atom. The molecule has 0 amide bonds. The number of ether oxygens (including phenoxy) is 2. The van der Waals surface area contributed by atoms with Crippen LogP contribution in [0.2, 0.25) is 0 Å². The van der Waals surface area contributed by atoms with Crippen molar-refractivity contribution < 1.29 is 27.2 Å². The summed E-state index contributed by atoms with van der Waals surface area (Å²) in [5.74, 6) is 2.10. The quantitative estimate of drug-likeness (QED) is 0.263. The molecule has 8 nitrogen and oxygen atoms in total. The molecule has 1 unspecified atom stereocenters. The van der Waals surface area contributed by atoms with Crippen molar-refractivity contribution in [3.63, 3.8) is 0 Å². The number of benzene rings is 2. The van der Waals surface area contributed by atoms with Gasteiger partial charge in [-0.05, 0) is 47.1 Å². The Labute approximate surface area is 203 Å². The molecule has 11 heteroatoms. The molecule has 4 rings (SSSR count). The van der Waals surface area contributed by atoms with Gasteiger partial charge in [0.05, 0.1) is 12.7 Å². The van der Waals surface area contributed by atoms with Crippen LogP contribution in [0, 0.1) is 0 Å². The predicted octanol–water partition coefficient (Wildman–Crippen LogP) is 4.57. The van der Waals surface area contributed by atoms with Crippen LogP contribution in [0.15, 0.2) is 71.6 Å². The minimum absolute atomic E-state index is 0.0946. The van der Waals surface area contributed by atoms with Crippen molar-refractivity contribution in [1.82, 2.24) is 20.0 Å². The molecule has 182 valence electrons. The third-order valence-electron chi connectivity index (χ3n) is 4.75. The summed E-state index contributed by atoms with van der Waals surface area (Å²) in [4.78, 5) is 4.34. The monoisotopic (exact) mass is 500 g/mol. The molecule has 0 saturated carbocycles. The number of alkyl halides is 2. The molecule has 0 aliphatic heterocycles. The zero-order chi connectivity index (χ0) is 24.5. The third-order valence-corrected chi connectivity index (χ3v) is 6.04. The van der Waals surface area contributed by atoms with Gasteiger partial charge in [0.1, 0.15) is 41.6 Å². The van der Waals surface area contributed by atoms with Crippen LogP contribution in [0.3, 0.4) is 0 Å². The average Bonchev–Trinajstić information content (AvgIpc) is 3.54. The topological polar surface area (TPSA) is 98.3 Å². The van der Waals surface area contributed by atoms with E-state index in [-0.39, 0.29) is 12.4 Å². The highest BCUT2D eigenvalue weighted by Crippen LogP contribution is 2.18. The number of nitrogens with zero attached hydrogens (tertiary/aromatic N) is 4. The molecule has 4 aromatic rings. The van der Waals surface area contributed by atoms with Crippen molar-refractivity contribution in [2.75, 3.05) is 5.75 Å². The summed E-state index contributed by atoms with van der Waals surface area (Å²) in [6, 6.07) is 13.6. The molecule has 0 aliphatic carbocycles. The van der Waals surface area contributed by atoms with Gasteiger partial charge in [0.25, 0.3) is 0 Å². The van der Waals surface area contributed by atoms with Crippen LogP contribution in [-0.4, -0.2) is 36.9 Å². The molecule has 2 heterocycles. The minimum Gasteiger partial charge on any atom is -0.616 e. The second-order valence-corrected chi connectivity index (χ2v) is 8.92. The van der Waals surface area contributed by atoms with Gasteiger partial charge in [0.2, 0.25) is 5.89 Å². The summed E-state index contributed by atoms with van der Waals surface area (Å²) in [6.07, 6.45) is 8.26. The first-order valence-corrected chi connectivity index (χ1v) is 12.1. The van der Waals surface area contributed by atoms with Crippen LogP contribution in [0.4, 0.5) is 8.78 Å². The van der Waals surface area contributed by atoms with E-state index in [1.54, 1.807) is 41.4 Å². The molecular weight excluding hydrogens is 478 g/mol. The van der Waals surface area contributed by atoms with Crippen LogP contribution in [0.25, 0.3) is 12.2 Å². The Bertz CT molecular complexity index is 1200. The second-order valence-electron chi connectivity index (χ2n) is 7.34. The Morgan fingerprint density at radius 2 is 1.83 bits per heavy atom. The number of aryl methyl sites for hydroxylation is 1. The number of halogens is 2. The molecule has 2 aromatic heterocycles. The van der Waals surface area contributed by atoms with Crippen molar-refractivity contribution >= 4 is 23.3 Å². The normalized spacial score (nSPS) is 12.3. The Balaban J connectivity index is 1.22. The molecule has 0 spiro atoms. The summed E-state index contributed by atoms with van der Waals surface area (Å²) >= 11 is -1.01. The van der Waals surface area contributed by atoms with Crippen molar-refractivity contribution in [2.24, 2.45) is 0 Å². The molecule has 0 N–H and O–H groups in total. The van der Waals surface area contributed by atoms with Crippen molar-refractivity contribution in [1.29, 1.82) is 0 Å². The standard InChI is InChI=1S/C24H22F2N4O4S/c25-24(26)34-22-8-1-18(2-9-22)5-10-23-28-20(16-33-23)15-32-21-6-3-19(4-7-21)17-35(31)14-13-30-12-11-27-29-30/h1-12,16,24H,13-15,17H2. The zero-order valence-electron chi connectivity index (χ0n) is 18.5. The lowest BCUT2D eigenvalue weighted by Gasteiger charge is -2.11. The van der Waals surface area contributed by atoms with Gasteiger partial charge < -0.3 is 18.4 Å². The maximum Gasteiger partial charge on any atom is 0.387 e. The van der Waals surface area contributed by atoms with Crippen molar-refractivity contribution in [3.8, 4) is 11.5 Å². The first-order chi connectivity index (χ1) is 17.0. The van der Waals surface area contributed by atoms with Gasteiger partial charge in [0.15, 0.2) is 0 Å². The zero-order valence-corrected chi connectivity index (χ0v) is 19.3. The van der Waals surface area contributed by atoms with Gasteiger partial charge in [-0.15, -0.1) is 5.10 Å². The first kappa shape index (κ1) is 24.4. The molecule has 0 bridgehead atoms. The first-order valence-electron chi connectivity index (χ1n) is 10.6. The number of hydrogen-bond acceptors (Lipinski definition) is 7. The molecule has 35 heavy (non-hydrogen) atoms. The summed E-state index contributed by atoms with van der Waals surface area (Å²) in [5.41, 5.74) is 2.35. The van der Waals surface area contributed by atoms with Gasteiger partial charge in [-0.25, -0.2) is 9.67 Å². The Kier molecular flexibility index (Phi) is 8.47. The highest BCUT2D eigenvalue weighted by Gasteiger charge is 2.09. The molecule has 0 aliphatic rings. The number of aromatic nitrogens is 4. The van der Waals surface area contributed by atoms with Gasteiger partial charge in [0, 0.05) is 17.8 Å². The predicted molar refractivity (Wildman–Crippen MR) is 126 cm³/mol. The van der Waals surface area contributed by atoms with Crippen LogP contribution in [-0.2, 0) is 30.1 Å². The number of oxazole rings is 1. The Hall–Kier alpha value is -3.70. The summed E-state index contributed by atoms with van der Waals surface area (Å²) in [6.45, 7) is -2.07. The van der Waals surface area contributed by atoms with E-state index in [4.69, 9.17) is 9.15 Å². The number of hydrogen-bond donors (Lipinski definition) is 0. The lowest BCUT2D eigenvalue weighted by molar-refractivity contribution is -0.0498. The van der Waals surface area contributed by atoms with Crippen molar-refractivity contribution in [2.45, 2.75) is 25.5 Å². The highest BCUT2D eigenvalue weighted by atomic mass is 32.2. The SMILES string of the molecule is [O-][S+](CCn1ccnn1)Cc1ccc(OCc2coc(C=Cc3ccc(OC(F)F)cc3)n2)cc1. The maximum atomic E-state index is 12.3. The third kappa shape index (κ3) is 7.94. The largest absolute Gasteiger partial charge is 0.616 e. The molecule has 2 aromatic carbocycles. The van der Waals surface area contributed by atoms with E-state index >= 15 is 0 Å². The van der Waals surface area contributed by atoms with Crippen LogP contribution < -0.4 is 9.47 Å². The van der Waals surface area contributed by atoms with E-state index in [0.29, 0.717) is 35.4 Å². The fourth-order valence-electron chi connectivity index (χ4n) is 3.04. The van der Waals surface area contributed by atoms with Gasteiger partial charge in [-0.3, -0.25) is 0 Å². The van der Waals surface area contributed by atoms with Crippen LogP contribution >= 0.6 is 0 Å². The fraction of sp³-hybridized carbons (Fsp3) is 0.208. The maximum absolute atomic E-state index is 12.3. The van der Waals surface area contributed by atoms with Gasteiger partial charge in [-0.1, -0.05) is 29.5 Å². The minimum atomic E-state index is -2.85. The molecule has 0 radical (unpaired) electrons. The lowest BCUT2D eigenvalue weighted by Crippen LogP contribution is -2.15. The summed E-state index contributed by atoms with van der Waals surface area (Å²) < 4.78 is 53.8. The van der Waals surface area contributed by atoms with Gasteiger partial charge >= 0.3 is 6.61 Å². The molecule has 1 atom stereocenters.